The summed E-state index contributed by atoms with van der Waals surface area (Å²) in [5.74, 6) is -0.113. The molecule has 0 saturated heterocycles. The molecule has 0 aromatic carbocycles. The van der Waals surface area contributed by atoms with Gasteiger partial charge >= 0.3 is 5.97 Å². The second-order valence-corrected chi connectivity index (χ2v) is 5.79. The number of hydrogen-bond acceptors (Lipinski definition) is 4. The van der Waals surface area contributed by atoms with Crippen LogP contribution in [0.5, 0.6) is 0 Å². The molecule has 2 rings (SSSR count). The zero-order valence-corrected chi connectivity index (χ0v) is 12.7. The van der Waals surface area contributed by atoms with Crippen molar-refractivity contribution in [3.63, 3.8) is 0 Å². The molecule has 0 aliphatic heterocycles. The number of aromatic carboxylic acids is 1. The average Bonchev–Trinajstić information content (AvgIpc) is 2.92. The zero-order valence-electron chi connectivity index (χ0n) is 11.9. The van der Waals surface area contributed by atoms with Gasteiger partial charge in [0.2, 0.25) is 5.91 Å². The van der Waals surface area contributed by atoms with Crippen LogP contribution in [0.15, 0.2) is 22.6 Å². The van der Waals surface area contributed by atoms with Gasteiger partial charge in [0, 0.05) is 11.0 Å². The number of hydrogen-bond donors (Lipinski definition) is 2. The highest BCUT2D eigenvalue weighted by Gasteiger charge is 2.19. The summed E-state index contributed by atoms with van der Waals surface area (Å²) in [6, 6.07) is 3.55. The van der Waals surface area contributed by atoms with Crippen LogP contribution in [0.25, 0.3) is 6.08 Å². The Bertz CT molecular complexity index is 724. The van der Waals surface area contributed by atoms with E-state index in [2.05, 4.69) is 5.32 Å². The van der Waals surface area contributed by atoms with Crippen LogP contribution in [-0.4, -0.2) is 17.0 Å². The molecule has 2 heterocycles. The summed E-state index contributed by atoms with van der Waals surface area (Å²) in [4.78, 5) is 24.0. The summed E-state index contributed by atoms with van der Waals surface area (Å²) < 4.78 is 5.31. The number of carbonyl (C=O) groups is 2. The van der Waals surface area contributed by atoms with Crippen molar-refractivity contribution in [1.82, 2.24) is 0 Å². The van der Waals surface area contributed by atoms with E-state index < -0.39 is 11.9 Å². The molecule has 1 amide bonds. The minimum Gasteiger partial charge on any atom is -0.478 e. The van der Waals surface area contributed by atoms with Crippen LogP contribution >= 0.6 is 11.3 Å². The third kappa shape index (κ3) is 3.41. The van der Waals surface area contributed by atoms with E-state index in [0.717, 1.165) is 10.6 Å². The second kappa shape index (κ2) is 5.97. The Morgan fingerprint density at radius 3 is 2.57 bits per heavy atom. The summed E-state index contributed by atoms with van der Waals surface area (Å²) in [6.07, 6.45) is 2.85. The van der Waals surface area contributed by atoms with Gasteiger partial charge in [0.1, 0.15) is 16.5 Å². The predicted octanol–water partition coefficient (Wildman–Crippen LogP) is 3.62. The Morgan fingerprint density at radius 1 is 1.29 bits per heavy atom. The minimum absolute atomic E-state index is 0.146. The van der Waals surface area contributed by atoms with Crippen molar-refractivity contribution < 1.29 is 19.1 Å². The number of amides is 1. The summed E-state index contributed by atoms with van der Waals surface area (Å²) >= 11 is 1.25. The molecule has 0 fully saturated rings. The number of nitrogens with one attached hydrogen (secondary N) is 1. The van der Waals surface area contributed by atoms with Crippen molar-refractivity contribution in [2.75, 3.05) is 5.32 Å². The van der Waals surface area contributed by atoms with Crippen molar-refractivity contribution in [2.24, 2.45) is 0 Å². The highest BCUT2D eigenvalue weighted by atomic mass is 32.1. The standard InChI is InChI=1S/C15H15NO4S/c1-8-4-5-11(20-8)6-7-12(17)16-14-13(15(18)19)9(2)10(3)21-14/h4-7H,1-3H3,(H,16,17)(H,18,19)/b7-6+. The molecular formula is C15H15NO4S. The molecular weight excluding hydrogens is 290 g/mol. The number of carboxylic acid groups (broad SMARTS) is 1. The number of carbonyl (C=O) groups excluding carboxylic acids is 1. The number of thiophene rings is 1. The lowest BCUT2D eigenvalue weighted by Gasteiger charge is -2.01. The van der Waals surface area contributed by atoms with Crippen LogP contribution in [0.1, 0.15) is 32.3 Å². The van der Waals surface area contributed by atoms with E-state index >= 15 is 0 Å². The molecule has 2 N–H and O–H groups in total. The molecule has 2 aromatic rings. The zero-order chi connectivity index (χ0) is 15.6. The molecule has 0 saturated carbocycles. The highest BCUT2D eigenvalue weighted by Crippen LogP contribution is 2.32. The van der Waals surface area contributed by atoms with Gasteiger partial charge in [0.15, 0.2) is 0 Å². The fourth-order valence-electron chi connectivity index (χ4n) is 1.83. The van der Waals surface area contributed by atoms with Gasteiger partial charge in [-0.2, -0.15) is 0 Å². The number of rotatable bonds is 4. The van der Waals surface area contributed by atoms with E-state index in [1.54, 1.807) is 19.1 Å². The first kappa shape index (κ1) is 15.1. The fraction of sp³-hybridized carbons (Fsp3) is 0.200. The van der Waals surface area contributed by atoms with Gasteiger partial charge in [-0.3, -0.25) is 4.79 Å². The van der Waals surface area contributed by atoms with Gasteiger partial charge in [0.05, 0.1) is 5.56 Å². The molecule has 0 spiro atoms. The van der Waals surface area contributed by atoms with Gasteiger partial charge in [-0.05, 0) is 44.5 Å². The lowest BCUT2D eigenvalue weighted by atomic mass is 10.1. The highest BCUT2D eigenvalue weighted by molar-refractivity contribution is 7.16. The Hall–Kier alpha value is -2.34. The molecule has 2 aromatic heterocycles. The van der Waals surface area contributed by atoms with E-state index in [4.69, 9.17) is 4.42 Å². The van der Waals surface area contributed by atoms with Gasteiger partial charge < -0.3 is 14.8 Å². The van der Waals surface area contributed by atoms with Gasteiger partial charge in [-0.1, -0.05) is 0 Å². The quantitative estimate of drug-likeness (QED) is 0.846. The molecule has 0 unspecified atom stereocenters. The summed E-state index contributed by atoms with van der Waals surface area (Å²) in [7, 11) is 0. The first-order valence-corrected chi connectivity index (χ1v) is 7.09. The smallest absolute Gasteiger partial charge is 0.338 e. The fourth-order valence-corrected chi connectivity index (χ4v) is 2.88. The SMILES string of the molecule is Cc1ccc(/C=C/C(=O)Nc2sc(C)c(C)c2C(=O)O)o1. The van der Waals surface area contributed by atoms with Crippen LogP contribution in [-0.2, 0) is 4.79 Å². The molecule has 6 heteroatoms. The van der Waals surface area contributed by atoms with E-state index in [9.17, 15) is 14.7 Å². The van der Waals surface area contributed by atoms with E-state index in [1.165, 1.54) is 23.5 Å². The Labute approximate surface area is 125 Å². The van der Waals surface area contributed by atoms with E-state index in [1.807, 2.05) is 13.8 Å². The van der Waals surface area contributed by atoms with Crippen LogP contribution in [0.3, 0.4) is 0 Å². The largest absolute Gasteiger partial charge is 0.478 e. The normalized spacial score (nSPS) is 11.0. The monoisotopic (exact) mass is 305 g/mol. The maximum absolute atomic E-state index is 11.9. The molecule has 21 heavy (non-hydrogen) atoms. The molecule has 110 valence electrons. The third-order valence-electron chi connectivity index (χ3n) is 3.00. The number of furan rings is 1. The van der Waals surface area contributed by atoms with Gasteiger partial charge in [-0.15, -0.1) is 11.3 Å². The average molecular weight is 305 g/mol. The molecule has 5 nitrogen and oxygen atoms in total. The summed E-state index contributed by atoms with van der Waals surface area (Å²) in [5.41, 5.74) is 0.821. The Morgan fingerprint density at radius 2 is 2.00 bits per heavy atom. The predicted molar refractivity (Wildman–Crippen MR) is 81.9 cm³/mol. The first-order chi connectivity index (χ1) is 9.88. The summed E-state index contributed by atoms with van der Waals surface area (Å²) in [5, 5.41) is 12.2. The third-order valence-corrected chi connectivity index (χ3v) is 4.12. The van der Waals surface area contributed by atoms with Crippen molar-refractivity contribution in [1.29, 1.82) is 0 Å². The summed E-state index contributed by atoms with van der Waals surface area (Å²) in [6.45, 7) is 5.36. The van der Waals surface area contributed by atoms with Gasteiger partial charge in [-0.25, -0.2) is 4.79 Å². The lowest BCUT2D eigenvalue weighted by molar-refractivity contribution is -0.111. The van der Waals surface area contributed by atoms with Crippen molar-refractivity contribution in [2.45, 2.75) is 20.8 Å². The number of carboxylic acids is 1. The second-order valence-electron chi connectivity index (χ2n) is 4.56. The first-order valence-electron chi connectivity index (χ1n) is 6.27. The maximum atomic E-state index is 11.9. The van der Waals surface area contributed by atoms with Crippen LogP contribution in [0.2, 0.25) is 0 Å². The number of aryl methyl sites for hydroxylation is 2. The van der Waals surface area contributed by atoms with E-state index in [-0.39, 0.29) is 5.56 Å². The van der Waals surface area contributed by atoms with Crippen LogP contribution in [0.4, 0.5) is 5.00 Å². The lowest BCUT2D eigenvalue weighted by Crippen LogP contribution is -2.10. The number of anilines is 1. The maximum Gasteiger partial charge on any atom is 0.338 e. The van der Waals surface area contributed by atoms with Crippen LogP contribution < -0.4 is 5.32 Å². The molecule has 0 aliphatic carbocycles. The van der Waals surface area contributed by atoms with Crippen molar-refractivity contribution in [3.05, 3.63) is 45.7 Å². The molecule has 0 radical (unpaired) electrons. The minimum atomic E-state index is -1.04. The Kier molecular flexibility index (Phi) is 4.28. The Balaban J connectivity index is 2.15. The molecule has 0 aliphatic rings. The van der Waals surface area contributed by atoms with E-state index in [0.29, 0.717) is 16.3 Å². The van der Waals surface area contributed by atoms with Crippen LogP contribution in [0, 0.1) is 20.8 Å². The molecule has 0 atom stereocenters. The topological polar surface area (TPSA) is 79.5 Å². The van der Waals surface area contributed by atoms with Crippen molar-refractivity contribution >= 4 is 34.3 Å². The van der Waals surface area contributed by atoms with Crippen molar-refractivity contribution in [3.8, 4) is 0 Å². The molecule has 0 bridgehead atoms. The van der Waals surface area contributed by atoms with Gasteiger partial charge in [0.25, 0.3) is 0 Å².